The van der Waals surface area contributed by atoms with Crippen LogP contribution in [0.2, 0.25) is 0 Å². The Hall–Kier alpha value is -4.46. The molecule has 37 heavy (non-hydrogen) atoms. The fourth-order valence-electron chi connectivity index (χ4n) is 4.14. The van der Waals surface area contributed by atoms with Gasteiger partial charge < -0.3 is 15.4 Å². The lowest BCUT2D eigenvalue weighted by Crippen LogP contribution is -2.37. The molecule has 8 nitrogen and oxygen atoms in total. The van der Waals surface area contributed by atoms with E-state index in [1.54, 1.807) is 36.4 Å². The molecule has 1 fully saturated rings. The van der Waals surface area contributed by atoms with E-state index < -0.39 is 11.8 Å². The van der Waals surface area contributed by atoms with Crippen molar-refractivity contribution in [1.29, 1.82) is 0 Å². The largest absolute Gasteiger partial charge is 0.488 e. The number of hydrogen-bond donors (Lipinski definition) is 3. The quantitative estimate of drug-likeness (QED) is 0.243. The smallest absolute Gasteiger partial charge is 0.329 e. The van der Waals surface area contributed by atoms with Crippen LogP contribution < -0.4 is 20.8 Å². The van der Waals surface area contributed by atoms with Crippen molar-refractivity contribution in [3.63, 3.8) is 0 Å². The maximum atomic E-state index is 12.8. The van der Waals surface area contributed by atoms with Crippen LogP contribution in [-0.2, 0) is 16.2 Å². The number of hydrogen-bond acceptors (Lipinski definition) is 5. The fourth-order valence-corrected chi connectivity index (χ4v) is 4.14. The lowest BCUT2D eigenvalue weighted by atomic mass is 9.95. The van der Waals surface area contributed by atoms with Gasteiger partial charge >= 0.3 is 11.8 Å². The number of anilines is 1. The normalized spacial score (nSPS) is 13.6. The van der Waals surface area contributed by atoms with Crippen LogP contribution >= 0.6 is 0 Å². The highest BCUT2D eigenvalue weighted by atomic mass is 16.5. The Morgan fingerprint density at radius 1 is 0.838 bits per heavy atom. The fraction of sp³-hybridized carbons (Fsp3) is 0.241. The monoisotopic (exact) mass is 498 g/mol. The summed E-state index contributed by atoms with van der Waals surface area (Å²) in [4.78, 5) is 37.6. The molecule has 4 rings (SSSR count). The van der Waals surface area contributed by atoms with E-state index in [0.717, 1.165) is 31.2 Å². The minimum Gasteiger partial charge on any atom is -0.488 e. The van der Waals surface area contributed by atoms with Crippen molar-refractivity contribution in [2.45, 2.75) is 44.8 Å². The lowest BCUT2D eigenvalue weighted by molar-refractivity contribution is -0.136. The van der Waals surface area contributed by atoms with Crippen LogP contribution in [0, 0.1) is 0 Å². The van der Waals surface area contributed by atoms with Gasteiger partial charge in [-0.3, -0.25) is 14.4 Å². The molecule has 3 aromatic rings. The lowest BCUT2D eigenvalue weighted by Gasteiger charge is -2.23. The molecule has 0 aliphatic heterocycles. The van der Waals surface area contributed by atoms with Gasteiger partial charge in [0.25, 0.3) is 5.91 Å². The number of para-hydroxylation sites is 2. The number of ether oxygens (including phenoxy) is 1. The van der Waals surface area contributed by atoms with E-state index in [0.29, 0.717) is 23.5 Å². The van der Waals surface area contributed by atoms with Crippen molar-refractivity contribution in [3.8, 4) is 5.75 Å². The van der Waals surface area contributed by atoms with Crippen molar-refractivity contribution >= 4 is 29.6 Å². The molecule has 0 aromatic heterocycles. The number of amides is 3. The molecular formula is C29H30N4O4. The van der Waals surface area contributed by atoms with Crippen molar-refractivity contribution in [2.75, 3.05) is 5.32 Å². The van der Waals surface area contributed by atoms with Gasteiger partial charge in [-0.25, -0.2) is 5.43 Å². The van der Waals surface area contributed by atoms with Gasteiger partial charge in [0.05, 0.1) is 17.5 Å². The van der Waals surface area contributed by atoms with Gasteiger partial charge in [0.1, 0.15) is 12.4 Å². The first-order chi connectivity index (χ1) is 18.1. The molecule has 3 amide bonds. The Morgan fingerprint density at radius 3 is 2.35 bits per heavy atom. The number of nitrogens with one attached hydrogen (secondary N) is 3. The minimum atomic E-state index is -0.957. The molecule has 8 heteroatoms. The third kappa shape index (κ3) is 7.51. The summed E-state index contributed by atoms with van der Waals surface area (Å²) in [5.41, 5.74) is 4.46. The second-order valence-electron chi connectivity index (χ2n) is 8.82. The zero-order chi connectivity index (χ0) is 25.9. The second kappa shape index (κ2) is 13.0. The molecule has 0 bridgehead atoms. The maximum Gasteiger partial charge on any atom is 0.329 e. The number of hydrazone groups is 1. The predicted octanol–water partition coefficient (Wildman–Crippen LogP) is 4.42. The van der Waals surface area contributed by atoms with Gasteiger partial charge in [0, 0.05) is 11.6 Å². The Morgan fingerprint density at radius 2 is 1.54 bits per heavy atom. The average molecular weight is 499 g/mol. The van der Waals surface area contributed by atoms with Crippen LogP contribution in [0.25, 0.3) is 0 Å². The zero-order valence-electron chi connectivity index (χ0n) is 20.5. The van der Waals surface area contributed by atoms with Crippen LogP contribution in [0.3, 0.4) is 0 Å². The summed E-state index contributed by atoms with van der Waals surface area (Å²) >= 11 is 0. The van der Waals surface area contributed by atoms with E-state index in [4.69, 9.17) is 4.74 Å². The maximum absolute atomic E-state index is 12.8. The Balaban J connectivity index is 1.33. The highest BCUT2D eigenvalue weighted by Crippen LogP contribution is 2.20. The standard InChI is InChI=1S/C29H30N4O4/c34-27(31-23-14-5-2-6-15-23)24-16-8-9-17-25(24)32-28(35)29(36)33-30-19-22-13-7-10-18-26(22)37-20-21-11-3-1-4-12-21/h1,3-4,7-13,16-19,23H,2,5-6,14-15,20H2,(H,31,34)(H,32,35)(H,33,36)/b30-19+. The molecule has 0 unspecified atom stereocenters. The molecule has 0 heterocycles. The summed E-state index contributed by atoms with van der Waals surface area (Å²) in [6.45, 7) is 0.383. The van der Waals surface area contributed by atoms with Crippen molar-refractivity contribution in [1.82, 2.24) is 10.7 Å². The molecule has 3 aromatic carbocycles. The molecule has 3 N–H and O–H groups in total. The van der Waals surface area contributed by atoms with Crippen LogP contribution in [0.15, 0.2) is 84.0 Å². The van der Waals surface area contributed by atoms with Gasteiger partial charge in [-0.1, -0.05) is 73.9 Å². The first-order valence-electron chi connectivity index (χ1n) is 12.4. The molecule has 0 radical (unpaired) electrons. The third-order valence-corrected chi connectivity index (χ3v) is 6.09. The van der Waals surface area contributed by atoms with Gasteiger partial charge in [-0.05, 0) is 42.7 Å². The predicted molar refractivity (Wildman–Crippen MR) is 142 cm³/mol. The summed E-state index contributed by atoms with van der Waals surface area (Å²) in [5.74, 6) is -1.56. The SMILES string of the molecule is O=C(N/N=C/c1ccccc1OCc1ccccc1)C(=O)Nc1ccccc1C(=O)NC1CCCCC1. The van der Waals surface area contributed by atoms with Crippen molar-refractivity contribution in [3.05, 3.63) is 95.6 Å². The van der Waals surface area contributed by atoms with Gasteiger partial charge in [0.2, 0.25) is 0 Å². The number of benzene rings is 3. The average Bonchev–Trinajstić information content (AvgIpc) is 2.94. The first kappa shape index (κ1) is 25.6. The second-order valence-corrected chi connectivity index (χ2v) is 8.82. The summed E-state index contributed by atoms with van der Waals surface area (Å²) in [6, 6.07) is 23.7. The van der Waals surface area contributed by atoms with E-state index in [9.17, 15) is 14.4 Å². The highest BCUT2D eigenvalue weighted by Gasteiger charge is 2.20. The molecule has 1 saturated carbocycles. The van der Waals surface area contributed by atoms with Crippen LogP contribution in [0.5, 0.6) is 5.75 Å². The van der Waals surface area contributed by atoms with Crippen LogP contribution in [-0.4, -0.2) is 30.0 Å². The molecular weight excluding hydrogens is 468 g/mol. The molecule has 1 aliphatic rings. The number of carbonyl (C=O) groups excluding carboxylic acids is 3. The topological polar surface area (TPSA) is 109 Å². The molecule has 0 atom stereocenters. The Kier molecular flexibility index (Phi) is 9.02. The van der Waals surface area contributed by atoms with Gasteiger partial charge in [-0.2, -0.15) is 5.10 Å². The first-order valence-corrected chi connectivity index (χ1v) is 12.4. The van der Waals surface area contributed by atoms with Crippen molar-refractivity contribution < 1.29 is 19.1 Å². The number of nitrogens with zero attached hydrogens (tertiary/aromatic N) is 1. The zero-order valence-corrected chi connectivity index (χ0v) is 20.5. The van der Waals surface area contributed by atoms with E-state index in [1.165, 1.54) is 12.6 Å². The van der Waals surface area contributed by atoms with E-state index in [2.05, 4.69) is 21.2 Å². The summed E-state index contributed by atoms with van der Waals surface area (Å²) in [5, 5.41) is 9.46. The summed E-state index contributed by atoms with van der Waals surface area (Å²) < 4.78 is 5.88. The number of carbonyl (C=O) groups is 3. The van der Waals surface area contributed by atoms with Crippen molar-refractivity contribution in [2.24, 2.45) is 5.10 Å². The van der Waals surface area contributed by atoms with Crippen LogP contribution in [0.4, 0.5) is 5.69 Å². The minimum absolute atomic E-state index is 0.127. The number of rotatable bonds is 8. The molecule has 190 valence electrons. The summed E-state index contributed by atoms with van der Waals surface area (Å²) in [7, 11) is 0. The van der Waals surface area contributed by atoms with E-state index in [1.807, 2.05) is 42.5 Å². The summed E-state index contributed by atoms with van der Waals surface area (Å²) in [6.07, 6.45) is 6.67. The van der Waals surface area contributed by atoms with Gasteiger partial charge in [-0.15, -0.1) is 0 Å². The van der Waals surface area contributed by atoms with Crippen LogP contribution in [0.1, 0.15) is 53.6 Å². The molecule has 0 saturated heterocycles. The third-order valence-electron chi connectivity index (χ3n) is 6.09. The molecule has 1 aliphatic carbocycles. The Bertz CT molecular complexity index is 1250. The van der Waals surface area contributed by atoms with E-state index >= 15 is 0 Å². The molecule has 0 spiro atoms. The van der Waals surface area contributed by atoms with Gasteiger partial charge in [0.15, 0.2) is 0 Å². The highest BCUT2D eigenvalue weighted by molar-refractivity contribution is 6.40. The van der Waals surface area contributed by atoms with E-state index in [-0.39, 0.29) is 17.6 Å². The Labute approximate surface area is 216 Å².